The van der Waals surface area contributed by atoms with E-state index in [2.05, 4.69) is 11.1 Å². The second kappa shape index (κ2) is 4.93. The number of aromatic nitrogens is 1. The van der Waals surface area contributed by atoms with Crippen LogP contribution < -0.4 is 0 Å². The van der Waals surface area contributed by atoms with Crippen LogP contribution in [-0.4, -0.2) is 9.91 Å². The highest BCUT2D eigenvalue weighted by atomic mass is 35.5. The highest BCUT2D eigenvalue weighted by molar-refractivity contribution is 6.31. The van der Waals surface area contributed by atoms with E-state index in [4.69, 9.17) is 11.6 Å². The molecule has 0 spiro atoms. The molecule has 21 heavy (non-hydrogen) atoms. The SMILES string of the molecule is N#Cc1[nH]c2ccc(Cl)cc2c1-c1cccc([N+](=O)[O-])c1. The summed E-state index contributed by atoms with van der Waals surface area (Å²) in [5, 5.41) is 21.5. The van der Waals surface area contributed by atoms with Crippen molar-refractivity contribution in [3.05, 3.63) is 63.3 Å². The molecule has 1 heterocycles. The van der Waals surface area contributed by atoms with Gasteiger partial charge in [0.1, 0.15) is 11.8 Å². The van der Waals surface area contributed by atoms with Crippen molar-refractivity contribution in [3.8, 4) is 17.2 Å². The standard InChI is InChI=1S/C15H8ClN3O2/c16-10-4-5-13-12(7-10)15(14(8-17)18-13)9-2-1-3-11(6-9)19(20)21/h1-7,18H. The lowest BCUT2D eigenvalue weighted by atomic mass is 10.0. The summed E-state index contributed by atoms with van der Waals surface area (Å²) in [6.45, 7) is 0. The first-order valence-corrected chi connectivity index (χ1v) is 6.44. The molecule has 0 aliphatic heterocycles. The molecule has 0 fully saturated rings. The Kier molecular flexibility index (Phi) is 3.09. The maximum absolute atomic E-state index is 10.9. The number of hydrogen-bond acceptors (Lipinski definition) is 3. The molecule has 2 aromatic carbocycles. The van der Waals surface area contributed by atoms with E-state index in [0.717, 1.165) is 10.9 Å². The molecule has 102 valence electrons. The number of aromatic amines is 1. The van der Waals surface area contributed by atoms with Crippen LogP contribution in [0.2, 0.25) is 5.02 Å². The summed E-state index contributed by atoms with van der Waals surface area (Å²) in [5.74, 6) is 0. The Bertz CT molecular complexity index is 909. The number of nitrogens with zero attached hydrogens (tertiary/aromatic N) is 2. The topological polar surface area (TPSA) is 82.7 Å². The second-order valence-corrected chi connectivity index (χ2v) is 4.92. The zero-order valence-electron chi connectivity index (χ0n) is 10.6. The van der Waals surface area contributed by atoms with E-state index in [1.54, 1.807) is 30.3 Å². The van der Waals surface area contributed by atoms with Gasteiger partial charge in [-0.1, -0.05) is 23.7 Å². The molecule has 1 aromatic heterocycles. The fourth-order valence-electron chi connectivity index (χ4n) is 2.32. The lowest BCUT2D eigenvalue weighted by molar-refractivity contribution is -0.384. The summed E-state index contributed by atoms with van der Waals surface area (Å²) in [7, 11) is 0. The van der Waals surface area contributed by atoms with Crippen LogP contribution in [-0.2, 0) is 0 Å². The summed E-state index contributed by atoms with van der Waals surface area (Å²) in [6, 6.07) is 13.5. The molecule has 0 atom stereocenters. The van der Waals surface area contributed by atoms with Crippen LogP contribution in [0.1, 0.15) is 5.69 Å². The van der Waals surface area contributed by atoms with Crippen molar-refractivity contribution in [2.45, 2.75) is 0 Å². The van der Waals surface area contributed by atoms with Crippen molar-refractivity contribution >= 4 is 28.2 Å². The smallest absolute Gasteiger partial charge is 0.270 e. The number of non-ortho nitro benzene ring substituents is 1. The third-order valence-corrected chi connectivity index (χ3v) is 3.45. The van der Waals surface area contributed by atoms with Gasteiger partial charge in [0, 0.05) is 33.6 Å². The summed E-state index contributed by atoms with van der Waals surface area (Å²) < 4.78 is 0. The van der Waals surface area contributed by atoms with Gasteiger partial charge in [-0.15, -0.1) is 0 Å². The van der Waals surface area contributed by atoms with Gasteiger partial charge >= 0.3 is 0 Å². The van der Waals surface area contributed by atoms with Gasteiger partial charge in [-0.25, -0.2) is 0 Å². The molecule has 3 rings (SSSR count). The number of H-pyrrole nitrogens is 1. The first kappa shape index (κ1) is 13.2. The molecule has 0 amide bonds. The van der Waals surface area contributed by atoms with E-state index in [0.29, 0.717) is 21.8 Å². The molecule has 0 radical (unpaired) electrons. The van der Waals surface area contributed by atoms with Crippen molar-refractivity contribution in [1.82, 2.24) is 4.98 Å². The van der Waals surface area contributed by atoms with Crippen LogP contribution in [0.5, 0.6) is 0 Å². The van der Waals surface area contributed by atoms with Crippen LogP contribution in [0, 0.1) is 21.4 Å². The zero-order valence-corrected chi connectivity index (χ0v) is 11.4. The molecular formula is C15H8ClN3O2. The van der Waals surface area contributed by atoms with E-state index in [-0.39, 0.29) is 5.69 Å². The Hall–Kier alpha value is -2.84. The lowest BCUT2D eigenvalue weighted by Gasteiger charge is -2.01. The lowest BCUT2D eigenvalue weighted by Crippen LogP contribution is -1.88. The van der Waals surface area contributed by atoms with E-state index < -0.39 is 4.92 Å². The molecule has 0 saturated carbocycles. The molecule has 0 aliphatic carbocycles. The van der Waals surface area contributed by atoms with Crippen molar-refractivity contribution in [2.75, 3.05) is 0 Å². The largest absolute Gasteiger partial charge is 0.346 e. The molecule has 0 saturated heterocycles. The predicted molar refractivity (Wildman–Crippen MR) is 80.1 cm³/mol. The number of hydrogen-bond donors (Lipinski definition) is 1. The van der Waals surface area contributed by atoms with E-state index in [1.807, 2.05) is 0 Å². The summed E-state index contributed by atoms with van der Waals surface area (Å²) in [5.41, 5.74) is 2.32. The van der Waals surface area contributed by atoms with Crippen molar-refractivity contribution in [2.24, 2.45) is 0 Å². The molecule has 0 aliphatic rings. The zero-order chi connectivity index (χ0) is 15.0. The Labute approximate surface area is 124 Å². The third kappa shape index (κ3) is 2.22. The van der Waals surface area contributed by atoms with Gasteiger partial charge in [0.25, 0.3) is 5.69 Å². The minimum atomic E-state index is -0.461. The van der Waals surface area contributed by atoms with Crippen molar-refractivity contribution in [3.63, 3.8) is 0 Å². The fourth-order valence-corrected chi connectivity index (χ4v) is 2.49. The van der Waals surface area contributed by atoms with E-state index >= 15 is 0 Å². The van der Waals surface area contributed by atoms with Crippen molar-refractivity contribution in [1.29, 1.82) is 5.26 Å². The number of nitro groups is 1. The normalized spacial score (nSPS) is 10.5. The van der Waals surface area contributed by atoms with Gasteiger partial charge in [-0.2, -0.15) is 5.26 Å². The van der Waals surface area contributed by atoms with Gasteiger partial charge in [-0.3, -0.25) is 10.1 Å². The van der Waals surface area contributed by atoms with E-state index in [1.165, 1.54) is 12.1 Å². The van der Waals surface area contributed by atoms with Gasteiger partial charge in [0.15, 0.2) is 0 Å². The van der Waals surface area contributed by atoms with E-state index in [9.17, 15) is 15.4 Å². The second-order valence-electron chi connectivity index (χ2n) is 4.48. The monoisotopic (exact) mass is 297 g/mol. The molecule has 6 heteroatoms. The highest BCUT2D eigenvalue weighted by Gasteiger charge is 2.16. The van der Waals surface area contributed by atoms with Crippen LogP contribution in [0.15, 0.2) is 42.5 Å². The van der Waals surface area contributed by atoms with Crippen LogP contribution in [0.25, 0.3) is 22.0 Å². The predicted octanol–water partition coefficient (Wildman–Crippen LogP) is 4.27. The Morgan fingerprint density at radius 2 is 2.05 bits per heavy atom. The summed E-state index contributed by atoms with van der Waals surface area (Å²) >= 11 is 6.01. The minimum Gasteiger partial charge on any atom is -0.346 e. The Morgan fingerprint density at radius 1 is 1.24 bits per heavy atom. The first-order chi connectivity index (χ1) is 10.1. The maximum atomic E-state index is 10.9. The summed E-state index contributed by atoms with van der Waals surface area (Å²) in [6.07, 6.45) is 0. The molecule has 0 bridgehead atoms. The average molecular weight is 298 g/mol. The number of fused-ring (bicyclic) bond motifs is 1. The van der Waals surface area contributed by atoms with Crippen LogP contribution in [0.3, 0.4) is 0 Å². The Morgan fingerprint density at radius 3 is 2.76 bits per heavy atom. The molecule has 5 nitrogen and oxygen atoms in total. The van der Waals surface area contributed by atoms with Gasteiger partial charge < -0.3 is 4.98 Å². The molecule has 3 aromatic rings. The molecule has 1 N–H and O–H groups in total. The number of nitrogens with one attached hydrogen (secondary N) is 1. The quantitative estimate of drug-likeness (QED) is 0.566. The minimum absolute atomic E-state index is 0.0206. The van der Waals surface area contributed by atoms with Gasteiger partial charge in [0.2, 0.25) is 0 Å². The Balaban J connectivity index is 2.33. The number of nitriles is 1. The third-order valence-electron chi connectivity index (χ3n) is 3.22. The number of rotatable bonds is 2. The van der Waals surface area contributed by atoms with Crippen LogP contribution in [0.4, 0.5) is 5.69 Å². The van der Waals surface area contributed by atoms with Crippen molar-refractivity contribution < 1.29 is 4.92 Å². The maximum Gasteiger partial charge on any atom is 0.270 e. The summed E-state index contributed by atoms with van der Waals surface area (Å²) in [4.78, 5) is 13.4. The highest BCUT2D eigenvalue weighted by Crippen LogP contribution is 2.35. The van der Waals surface area contributed by atoms with Crippen LogP contribution >= 0.6 is 11.6 Å². The fraction of sp³-hybridized carbons (Fsp3) is 0. The van der Waals surface area contributed by atoms with Gasteiger partial charge in [-0.05, 0) is 23.8 Å². The van der Waals surface area contributed by atoms with Gasteiger partial charge in [0.05, 0.1) is 4.92 Å². The molecule has 0 unspecified atom stereocenters. The molecular weight excluding hydrogens is 290 g/mol. The number of nitro benzene ring substituents is 1. The number of benzene rings is 2. The average Bonchev–Trinajstić information content (AvgIpc) is 2.85. The number of halogens is 1. The first-order valence-electron chi connectivity index (χ1n) is 6.06.